The first kappa shape index (κ1) is 21.7. The zero-order valence-corrected chi connectivity index (χ0v) is 15.9. The Hall–Kier alpha value is -3.56. The molecule has 0 saturated heterocycles. The summed E-state index contributed by atoms with van der Waals surface area (Å²) in [7, 11) is 0. The van der Waals surface area contributed by atoms with Crippen LogP contribution in [0.1, 0.15) is 14.1 Å². The molecule has 0 aliphatic heterocycles. The van der Waals surface area contributed by atoms with Crippen molar-refractivity contribution < 1.29 is 17.2 Å². The number of aryl methyl sites for hydroxylation is 1. The number of halogens is 1. The van der Waals surface area contributed by atoms with Gasteiger partial charge in [0.05, 0.1) is 18.4 Å². The number of ether oxygens (including phenoxy) is 1. The Morgan fingerprint density at radius 2 is 2.07 bits per heavy atom. The Labute approximate surface area is 171 Å². The lowest BCUT2D eigenvalue weighted by atomic mass is 10.2. The highest BCUT2D eigenvalue weighted by molar-refractivity contribution is 5.88. The van der Waals surface area contributed by atoms with Crippen molar-refractivity contribution in [3.63, 3.8) is 0 Å². The summed E-state index contributed by atoms with van der Waals surface area (Å²) in [6.45, 7) is 2.43. The summed E-state index contributed by atoms with van der Waals surface area (Å²) in [5.41, 5.74) is 10.8. The molecule has 29 heavy (non-hydrogen) atoms. The van der Waals surface area contributed by atoms with E-state index in [-0.39, 0.29) is 21.8 Å². The van der Waals surface area contributed by atoms with Gasteiger partial charge >= 0.3 is 0 Å². The summed E-state index contributed by atoms with van der Waals surface area (Å²) in [6.07, 6.45) is 4.59. The number of hydrogen-bond donors (Lipinski definition) is 5. The number of nitrogens with two attached hydrogens (primary N) is 1. The fourth-order valence-electron chi connectivity index (χ4n) is 2.26. The number of para-hydroxylation sites is 1. The first-order chi connectivity index (χ1) is 14.0. The third-order valence-corrected chi connectivity index (χ3v) is 3.60. The maximum Gasteiger partial charge on any atom is 0.165 e. The average molecular weight is 402 g/mol. The highest BCUT2D eigenvalue weighted by atomic mass is 19.1. The van der Waals surface area contributed by atoms with Crippen molar-refractivity contribution in [2.45, 2.75) is 6.92 Å². The molecule has 0 fully saturated rings. The van der Waals surface area contributed by atoms with Gasteiger partial charge in [-0.15, -0.1) is 0 Å². The summed E-state index contributed by atoms with van der Waals surface area (Å²) in [5, 5.41) is 18.7. The SMILES string of the molecule is Cc1cc(Nc2cnc(N)cc2C=N)ccn1.ONCCOc1ccccc1F.[HH].[HH]. The average Bonchev–Trinajstić information content (AvgIpc) is 2.71. The molecular formula is C20H27FN6O2. The lowest BCUT2D eigenvalue weighted by molar-refractivity contribution is 0.144. The Morgan fingerprint density at radius 1 is 1.28 bits per heavy atom. The van der Waals surface area contributed by atoms with Crippen LogP contribution in [0.3, 0.4) is 0 Å². The fourth-order valence-corrected chi connectivity index (χ4v) is 2.26. The molecule has 0 spiro atoms. The molecule has 8 nitrogen and oxygen atoms in total. The van der Waals surface area contributed by atoms with Crippen LogP contribution in [0.15, 0.2) is 54.9 Å². The minimum atomic E-state index is -0.393. The van der Waals surface area contributed by atoms with E-state index >= 15 is 0 Å². The third-order valence-electron chi connectivity index (χ3n) is 3.60. The van der Waals surface area contributed by atoms with E-state index in [0.717, 1.165) is 17.1 Å². The van der Waals surface area contributed by atoms with Gasteiger partial charge in [-0.3, -0.25) is 4.98 Å². The van der Waals surface area contributed by atoms with Gasteiger partial charge in [-0.2, -0.15) is 0 Å². The molecule has 0 atom stereocenters. The molecule has 0 bridgehead atoms. The fraction of sp³-hybridized carbons (Fsp3) is 0.150. The molecule has 3 rings (SSSR count). The number of pyridine rings is 2. The summed E-state index contributed by atoms with van der Waals surface area (Å²) >= 11 is 0. The van der Waals surface area contributed by atoms with Gasteiger partial charge in [-0.05, 0) is 37.3 Å². The van der Waals surface area contributed by atoms with Crippen molar-refractivity contribution in [2.24, 2.45) is 0 Å². The van der Waals surface area contributed by atoms with Crippen molar-refractivity contribution in [1.82, 2.24) is 15.4 Å². The van der Waals surface area contributed by atoms with E-state index in [1.165, 1.54) is 18.3 Å². The molecule has 0 aliphatic carbocycles. The van der Waals surface area contributed by atoms with Crippen molar-refractivity contribution in [3.05, 3.63) is 71.9 Å². The largest absolute Gasteiger partial charge is 0.489 e. The molecule has 0 aliphatic rings. The predicted octanol–water partition coefficient (Wildman–Crippen LogP) is 3.78. The number of anilines is 3. The molecule has 3 aromatic rings. The van der Waals surface area contributed by atoms with Gasteiger partial charge in [0.2, 0.25) is 0 Å². The van der Waals surface area contributed by atoms with Gasteiger partial charge < -0.3 is 26.4 Å². The Morgan fingerprint density at radius 3 is 2.76 bits per heavy atom. The number of hydroxylamine groups is 1. The zero-order chi connectivity index (χ0) is 21.1. The second-order valence-corrected chi connectivity index (χ2v) is 5.84. The maximum atomic E-state index is 12.8. The summed E-state index contributed by atoms with van der Waals surface area (Å²) in [6, 6.07) is 11.6. The highest BCUT2D eigenvalue weighted by Crippen LogP contribution is 2.20. The summed E-state index contributed by atoms with van der Waals surface area (Å²) in [5.74, 6) is 0.211. The van der Waals surface area contributed by atoms with E-state index in [4.69, 9.17) is 21.1 Å². The molecule has 0 radical (unpaired) electrons. The molecule has 0 unspecified atom stereocenters. The van der Waals surface area contributed by atoms with Gasteiger partial charge in [0, 0.05) is 32.2 Å². The molecular weight excluding hydrogens is 375 g/mol. The minimum absolute atomic E-state index is 0. The van der Waals surface area contributed by atoms with Gasteiger partial charge in [-0.1, -0.05) is 12.1 Å². The number of rotatable bonds is 7. The Bertz CT molecular complexity index is 949. The first-order valence-electron chi connectivity index (χ1n) is 8.73. The number of nitrogen functional groups attached to an aromatic ring is 1. The Kier molecular flexibility index (Phi) is 8.49. The van der Waals surface area contributed by atoms with Crippen molar-refractivity contribution in [2.75, 3.05) is 24.2 Å². The van der Waals surface area contributed by atoms with Gasteiger partial charge in [0.15, 0.2) is 11.6 Å². The summed E-state index contributed by atoms with van der Waals surface area (Å²) in [4.78, 5) is 8.12. The molecule has 0 amide bonds. The van der Waals surface area contributed by atoms with Crippen LogP contribution >= 0.6 is 0 Å². The lowest BCUT2D eigenvalue weighted by Gasteiger charge is -2.09. The van der Waals surface area contributed by atoms with Crippen LogP contribution < -0.4 is 21.3 Å². The van der Waals surface area contributed by atoms with E-state index in [9.17, 15) is 4.39 Å². The van der Waals surface area contributed by atoms with Gasteiger partial charge in [0.25, 0.3) is 0 Å². The first-order valence-corrected chi connectivity index (χ1v) is 8.73. The highest BCUT2D eigenvalue weighted by Gasteiger charge is 2.03. The molecule has 6 N–H and O–H groups in total. The predicted molar refractivity (Wildman–Crippen MR) is 115 cm³/mol. The maximum absolute atomic E-state index is 12.8. The Balaban J connectivity index is 0.000000575. The van der Waals surface area contributed by atoms with Crippen LogP contribution in [0.4, 0.5) is 21.6 Å². The second kappa shape index (κ2) is 11.3. The topological polar surface area (TPSA) is 129 Å². The number of hydrogen-bond acceptors (Lipinski definition) is 8. The number of benzene rings is 1. The molecule has 9 heteroatoms. The van der Waals surface area contributed by atoms with Crippen molar-refractivity contribution in [1.29, 1.82) is 5.41 Å². The van der Waals surface area contributed by atoms with Crippen LogP contribution in [0.5, 0.6) is 5.75 Å². The van der Waals surface area contributed by atoms with Crippen LogP contribution in [-0.4, -0.2) is 34.5 Å². The monoisotopic (exact) mass is 402 g/mol. The minimum Gasteiger partial charge on any atom is -0.489 e. The van der Waals surface area contributed by atoms with Crippen molar-refractivity contribution in [3.8, 4) is 5.75 Å². The number of aromatic nitrogens is 2. The van der Waals surface area contributed by atoms with E-state index in [0.29, 0.717) is 11.4 Å². The number of nitrogens with one attached hydrogen (secondary N) is 3. The van der Waals surface area contributed by atoms with E-state index in [1.54, 1.807) is 30.6 Å². The van der Waals surface area contributed by atoms with Crippen LogP contribution in [0.25, 0.3) is 0 Å². The van der Waals surface area contributed by atoms with Crippen LogP contribution in [-0.2, 0) is 0 Å². The molecule has 1 aromatic carbocycles. The standard InChI is InChI=1S/C12H13N5.C8H10FNO2.2H2/c1-8-4-10(2-3-15-8)17-11-7-16-12(14)5-9(11)6-13;9-7-3-1-2-4-8(7)12-6-5-10-11;;/h2-7,13H,1H3,(H2,14,16)(H,15,17);1-4,10-11H,5-6H2;2*1H. The molecule has 2 aromatic heterocycles. The molecule has 0 saturated carbocycles. The lowest BCUT2D eigenvalue weighted by Crippen LogP contribution is -2.16. The smallest absolute Gasteiger partial charge is 0.165 e. The van der Waals surface area contributed by atoms with Gasteiger partial charge in [0.1, 0.15) is 12.4 Å². The second-order valence-electron chi connectivity index (χ2n) is 5.84. The van der Waals surface area contributed by atoms with Crippen LogP contribution in [0.2, 0.25) is 0 Å². The quantitative estimate of drug-likeness (QED) is 0.231. The number of nitrogens with zero attached hydrogens (tertiary/aromatic N) is 2. The van der Waals surface area contributed by atoms with Crippen molar-refractivity contribution >= 4 is 23.4 Å². The van der Waals surface area contributed by atoms with E-state index in [1.807, 2.05) is 24.5 Å². The van der Waals surface area contributed by atoms with E-state index < -0.39 is 5.82 Å². The normalized spacial score (nSPS) is 9.90. The van der Waals surface area contributed by atoms with Gasteiger partial charge in [-0.25, -0.2) is 14.9 Å². The molecule has 2 heterocycles. The van der Waals surface area contributed by atoms with E-state index in [2.05, 4.69) is 15.3 Å². The zero-order valence-electron chi connectivity index (χ0n) is 15.9. The third kappa shape index (κ3) is 7.17. The summed E-state index contributed by atoms with van der Waals surface area (Å²) < 4.78 is 17.8. The van der Waals surface area contributed by atoms with Crippen LogP contribution in [0, 0.1) is 18.2 Å². The molecule has 156 valence electrons.